The van der Waals surface area contributed by atoms with Crippen LogP contribution in [0, 0.1) is 0 Å². The second-order valence-corrected chi connectivity index (χ2v) is 3.74. The number of anilines is 1. The topological polar surface area (TPSA) is 63.8 Å². The molecule has 0 aliphatic heterocycles. The highest BCUT2D eigenvalue weighted by Gasteiger charge is 1.99. The van der Waals surface area contributed by atoms with Crippen molar-refractivity contribution in [3.63, 3.8) is 0 Å². The van der Waals surface area contributed by atoms with E-state index in [2.05, 4.69) is 15.5 Å². The van der Waals surface area contributed by atoms with Crippen LogP contribution >= 0.6 is 0 Å². The molecule has 1 aromatic carbocycles. The summed E-state index contributed by atoms with van der Waals surface area (Å²) in [5.41, 5.74) is 7.38. The largest absolute Gasteiger partial charge is 0.369 e. The monoisotopic (exact) mass is 228 g/mol. The van der Waals surface area contributed by atoms with Crippen molar-refractivity contribution in [1.29, 1.82) is 0 Å². The highest BCUT2D eigenvalue weighted by molar-refractivity contribution is 5.59. The summed E-state index contributed by atoms with van der Waals surface area (Å²) >= 11 is 0. The van der Waals surface area contributed by atoms with Crippen LogP contribution in [-0.2, 0) is 0 Å². The van der Waals surface area contributed by atoms with E-state index in [4.69, 9.17) is 5.73 Å². The van der Waals surface area contributed by atoms with Gasteiger partial charge in [0.2, 0.25) is 0 Å². The van der Waals surface area contributed by atoms with Crippen molar-refractivity contribution in [2.24, 2.45) is 5.73 Å². The normalized spacial score (nSPS) is 10.2. The highest BCUT2D eigenvalue weighted by Crippen LogP contribution is 2.15. The Morgan fingerprint density at radius 3 is 2.47 bits per heavy atom. The zero-order chi connectivity index (χ0) is 11.9. The molecule has 0 bridgehead atoms. The molecule has 0 saturated heterocycles. The van der Waals surface area contributed by atoms with E-state index in [0.29, 0.717) is 6.54 Å². The van der Waals surface area contributed by atoms with Gasteiger partial charge in [0.05, 0.1) is 5.69 Å². The molecule has 0 spiro atoms. The third kappa shape index (κ3) is 3.26. The lowest BCUT2D eigenvalue weighted by Gasteiger charge is -2.04. The quantitative estimate of drug-likeness (QED) is 0.767. The predicted octanol–water partition coefficient (Wildman–Crippen LogP) is 1.90. The standard InChI is InChI=1S/C13H16N4/c14-9-4-10-15-13-8-7-12(16-17-13)11-5-2-1-3-6-11/h1-3,5-8H,4,9-10,14H2,(H,15,17). The zero-order valence-electron chi connectivity index (χ0n) is 9.63. The van der Waals surface area contributed by atoms with E-state index >= 15 is 0 Å². The second kappa shape index (κ2) is 5.96. The molecule has 1 heterocycles. The van der Waals surface area contributed by atoms with E-state index in [0.717, 1.165) is 30.0 Å². The minimum Gasteiger partial charge on any atom is -0.369 e. The summed E-state index contributed by atoms with van der Waals surface area (Å²) in [6.45, 7) is 1.51. The Kier molecular flexibility index (Phi) is 4.05. The Labute approximate surface area is 101 Å². The Morgan fingerprint density at radius 2 is 1.82 bits per heavy atom. The molecule has 4 nitrogen and oxygen atoms in total. The fraction of sp³-hybridized carbons (Fsp3) is 0.231. The SMILES string of the molecule is NCCCNc1ccc(-c2ccccc2)nn1. The van der Waals surface area contributed by atoms with Gasteiger partial charge in [-0.05, 0) is 25.1 Å². The van der Waals surface area contributed by atoms with E-state index in [1.807, 2.05) is 42.5 Å². The minimum atomic E-state index is 0.683. The molecule has 2 rings (SSSR count). The fourth-order valence-electron chi connectivity index (χ4n) is 1.51. The van der Waals surface area contributed by atoms with Crippen LogP contribution in [0.3, 0.4) is 0 Å². The van der Waals surface area contributed by atoms with Gasteiger partial charge in [0, 0.05) is 12.1 Å². The zero-order valence-corrected chi connectivity index (χ0v) is 9.63. The molecule has 88 valence electrons. The number of hydrogen-bond donors (Lipinski definition) is 2. The first-order valence-corrected chi connectivity index (χ1v) is 5.73. The van der Waals surface area contributed by atoms with Crippen LogP contribution in [-0.4, -0.2) is 23.3 Å². The molecule has 17 heavy (non-hydrogen) atoms. The van der Waals surface area contributed by atoms with Crippen molar-refractivity contribution in [3.8, 4) is 11.3 Å². The third-order valence-corrected chi connectivity index (χ3v) is 2.42. The molecule has 0 radical (unpaired) electrons. The number of hydrogen-bond acceptors (Lipinski definition) is 4. The van der Waals surface area contributed by atoms with Gasteiger partial charge in [-0.2, -0.15) is 0 Å². The van der Waals surface area contributed by atoms with Crippen LogP contribution in [0.25, 0.3) is 11.3 Å². The Morgan fingerprint density at radius 1 is 1.00 bits per heavy atom. The molecule has 0 atom stereocenters. The maximum absolute atomic E-state index is 5.42. The van der Waals surface area contributed by atoms with E-state index in [1.54, 1.807) is 0 Å². The molecule has 0 aliphatic rings. The lowest BCUT2D eigenvalue weighted by Crippen LogP contribution is -2.09. The maximum atomic E-state index is 5.42. The average Bonchev–Trinajstić information content (AvgIpc) is 2.41. The molecule has 3 N–H and O–H groups in total. The van der Waals surface area contributed by atoms with Crippen LogP contribution in [0.5, 0.6) is 0 Å². The highest BCUT2D eigenvalue weighted by atomic mass is 15.2. The summed E-state index contributed by atoms with van der Waals surface area (Å²) in [5.74, 6) is 0.790. The summed E-state index contributed by atoms with van der Waals surface area (Å²) in [7, 11) is 0. The van der Waals surface area contributed by atoms with Gasteiger partial charge >= 0.3 is 0 Å². The van der Waals surface area contributed by atoms with E-state index in [-0.39, 0.29) is 0 Å². The Bertz CT molecular complexity index is 439. The first-order chi connectivity index (χ1) is 8.40. The third-order valence-electron chi connectivity index (χ3n) is 2.42. The van der Waals surface area contributed by atoms with Crippen molar-refractivity contribution in [2.75, 3.05) is 18.4 Å². The first-order valence-electron chi connectivity index (χ1n) is 5.73. The summed E-state index contributed by atoms with van der Waals surface area (Å²) in [6.07, 6.45) is 0.933. The molecular formula is C13H16N4. The first kappa shape index (κ1) is 11.5. The Balaban J connectivity index is 2.03. The molecule has 1 aromatic heterocycles. The van der Waals surface area contributed by atoms with Crippen LogP contribution in [0.1, 0.15) is 6.42 Å². The van der Waals surface area contributed by atoms with E-state index < -0.39 is 0 Å². The van der Waals surface area contributed by atoms with Gasteiger partial charge in [-0.3, -0.25) is 0 Å². The summed E-state index contributed by atoms with van der Waals surface area (Å²) in [5, 5.41) is 11.5. The van der Waals surface area contributed by atoms with Gasteiger partial charge in [-0.15, -0.1) is 10.2 Å². The number of nitrogens with one attached hydrogen (secondary N) is 1. The van der Waals surface area contributed by atoms with Crippen molar-refractivity contribution in [2.45, 2.75) is 6.42 Å². The predicted molar refractivity (Wildman–Crippen MR) is 69.6 cm³/mol. The molecular weight excluding hydrogens is 212 g/mol. The number of nitrogens with two attached hydrogens (primary N) is 1. The molecule has 0 aliphatic carbocycles. The second-order valence-electron chi connectivity index (χ2n) is 3.74. The van der Waals surface area contributed by atoms with Crippen molar-refractivity contribution >= 4 is 5.82 Å². The number of rotatable bonds is 5. The van der Waals surface area contributed by atoms with Gasteiger partial charge in [-0.1, -0.05) is 30.3 Å². The lowest BCUT2D eigenvalue weighted by molar-refractivity contribution is 0.864. The molecule has 4 heteroatoms. The van der Waals surface area contributed by atoms with Crippen LogP contribution < -0.4 is 11.1 Å². The Hall–Kier alpha value is -1.94. The molecule has 0 amide bonds. The van der Waals surface area contributed by atoms with E-state index in [1.165, 1.54) is 0 Å². The smallest absolute Gasteiger partial charge is 0.148 e. The van der Waals surface area contributed by atoms with Crippen LogP contribution in [0.15, 0.2) is 42.5 Å². The fourth-order valence-corrected chi connectivity index (χ4v) is 1.51. The van der Waals surface area contributed by atoms with Crippen molar-refractivity contribution in [3.05, 3.63) is 42.5 Å². The van der Waals surface area contributed by atoms with Gasteiger partial charge < -0.3 is 11.1 Å². The van der Waals surface area contributed by atoms with Gasteiger partial charge in [0.15, 0.2) is 0 Å². The lowest BCUT2D eigenvalue weighted by atomic mass is 10.1. The molecule has 0 unspecified atom stereocenters. The number of benzene rings is 1. The summed E-state index contributed by atoms with van der Waals surface area (Å²) < 4.78 is 0. The van der Waals surface area contributed by atoms with Crippen LogP contribution in [0.2, 0.25) is 0 Å². The maximum Gasteiger partial charge on any atom is 0.148 e. The summed E-state index contributed by atoms with van der Waals surface area (Å²) in [6, 6.07) is 13.9. The van der Waals surface area contributed by atoms with Gasteiger partial charge in [0.1, 0.15) is 5.82 Å². The van der Waals surface area contributed by atoms with Crippen molar-refractivity contribution < 1.29 is 0 Å². The number of aromatic nitrogens is 2. The summed E-state index contributed by atoms with van der Waals surface area (Å²) in [4.78, 5) is 0. The van der Waals surface area contributed by atoms with E-state index in [9.17, 15) is 0 Å². The van der Waals surface area contributed by atoms with Crippen molar-refractivity contribution in [1.82, 2.24) is 10.2 Å². The van der Waals surface area contributed by atoms with Gasteiger partial charge in [-0.25, -0.2) is 0 Å². The van der Waals surface area contributed by atoms with Crippen LogP contribution in [0.4, 0.5) is 5.82 Å². The molecule has 0 fully saturated rings. The molecule has 2 aromatic rings. The van der Waals surface area contributed by atoms with Gasteiger partial charge in [0.25, 0.3) is 0 Å². The average molecular weight is 228 g/mol. The number of nitrogens with zero attached hydrogens (tertiary/aromatic N) is 2. The molecule has 0 saturated carbocycles. The minimum absolute atomic E-state index is 0.683.